The average Bonchev–Trinajstić information content (AvgIpc) is 2.81. The Labute approximate surface area is 459 Å². The van der Waals surface area contributed by atoms with Crippen molar-refractivity contribution in [3.8, 4) is 0 Å². The molecule has 1 aliphatic heterocycles. The minimum atomic E-state index is 0. The molecule has 41 heavy (non-hydrogen) atoms. The number of hydrogen-bond donors (Lipinski definition) is 0. The van der Waals surface area contributed by atoms with E-state index in [0.717, 1.165) is 91.6 Å². The van der Waals surface area contributed by atoms with Crippen molar-refractivity contribution < 1.29 is 263 Å². The van der Waals surface area contributed by atoms with Crippen molar-refractivity contribution in [3.63, 3.8) is 0 Å². The molecule has 0 aromatic rings. The van der Waals surface area contributed by atoms with Crippen LogP contribution in [0.5, 0.6) is 0 Å². The molecule has 0 spiro atoms. The second-order valence-corrected chi connectivity index (χ2v) is 9.25. The maximum absolute atomic E-state index is 7.96. The van der Waals surface area contributed by atoms with E-state index in [4.69, 9.17) is 1.37 Å². The summed E-state index contributed by atoms with van der Waals surface area (Å²) in [6.45, 7) is 12.6. The Morgan fingerprint density at radius 2 is 0.561 bits per heavy atom. The quantitative estimate of drug-likeness (QED) is 0.334. The molecule has 0 saturated carbocycles. The number of hydrogen-bond acceptors (Lipinski definition) is 8. The first kappa shape index (κ1) is 64.5. The Bertz CT molecular complexity index is 529. The molecular formula is C25H50N8Y8-8. The Hall–Kier alpha value is 8.51. The molecule has 16 heteroatoms. The second-order valence-electron chi connectivity index (χ2n) is 9.25. The van der Waals surface area contributed by atoms with Crippen molar-refractivity contribution >= 4 is 0 Å². The van der Waals surface area contributed by atoms with Crippen molar-refractivity contribution in [2.45, 2.75) is 12.9 Å². The molecule has 1 atom stereocenters. The van der Waals surface area contributed by atoms with Gasteiger partial charge in [-0.05, 0) is 104 Å². The van der Waals surface area contributed by atoms with Crippen LogP contribution in [0.25, 0.3) is 0 Å². The van der Waals surface area contributed by atoms with Gasteiger partial charge in [0.15, 0.2) is 0 Å². The Morgan fingerprint density at radius 1 is 0.366 bits per heavy atom. The van der Waals surface area contributed by atoms with E-state index in [1.807, 2.05) is 14.7 Å². The molecule has 8 radical (unpaired) electrons. The van der Waals surface area contributed by atoms with Gasteiger partial charge in [-0.15, -0.1) is 0 Å². The first-order chi connectivity index (χ1) is 16.1. The van der Waals surface area contributed by atoms with E-state index in [2.05, 4.69) is 80.9 Å². The van der Waals surface area contributed by atoms with Crippen LogP contribution in [0.1, 0.15) is 8.27 Å². The maximum Gasteiger partial charge on any atom is 0.0246 e. The van der Waals surface area contributed by atoms with E-state index in [0.29, 0.717) is 6.54 Å². The maximum atomic E-state index is 7.96. The van der Waals surface area contributed by atoms with Crippen molar-refractivity contribution in [3.05, 3.63) is 56.4 Å². The van der Waals surface area contributed by atoms with Gasteiger partial charge in [0.1, 0.15) is 0 Å². The molecule has 1 unspecified atom stereocenters. The van der Waals surface area contributed by atoms with Crippen LogP contribution in [0.15, 0.2) is 0 Å². The predicted octanol–water partition coefficient (Wildman–Crippen LogP) is 1.12. The average molecular weight is 1180 g/mol. The molecule has 8 nitrogen and oxygen atoms in total. The molecule has 1 saturated heterocycles. The molecule has 0 aliphatic carbocycles. The van der Waals surface area contributed by atoms with E-state index in [1.54, 1.807) is 0 Å². The fourth-order valence-electron chi connectivity index (χ4n) is 3.33. The monoisotopic (exact) mass is 1180 g/mol. The fraction of sp³-hybridized carbons (Fsp3) is 0.680. The van der Waals surface area contributed by atoms with Gasteiger partial charge in [0.25, 0.3) is 0 Å². The summed E-state index contributed by atoms with van der Waals surface area (Å²) in [4.78, 5) is 16.4. The van der Waals surface area contributed by atoms with Gasteiger partial charge in [0.05, 0.1) is 0 Å². The summed E-state index contributed by atoms with van der Waals surface area (Å²) >= 11 is 0. The summed E-state index contributed by atoms with van der Waals surface area (Å²) < 4.78 is 7.96. The molecule has 0 aromatic heterocycles. The molecule has 1 heterocycles. The SMILES string of the molecule is [3H]CC1CN([CH2-])CCN([CH2-])CCN([CH2-])CCN([CH2-])CCN([CH2-])CCN([CH2-])CCN([CH2-])CCN1[CH2-].[Y].[Y].[Y].[Y].[Y].[Y].[Y].[Y]. The Kier molecular flexibility index (Phi) is 67.5. The van der Waals surface area contributed by atoms with Crippen molar-refractivity contribution in [1.29, 1.82) is 0 Å². The third-order valence-electron chi connectivity index (χ3n) is 6.08. The van der Waals surface area contributed by atoms with Crippen LogP contribution in [-0.2, 0) is 262 Å². The van der Waals surface area contributed by atoms with Crippen LogP contribution in [0.2, 0.25) is 0 Å². The van der Waals surface area contributed by atoms with Gasteiger partial charge in [-0.25, -0.2) is 0 Å². The van der Waals surface area contributed by atoms with E-state index < -0.39 is 0 Å². The van der Waals surface area contributed by atoms with Crippen molar-refractivity contribution in [1.82, 2.24) is 39.2 Å². The second kappa shape index (κ2) is 42.9. The smallest absolute Gasteiger partial charge is 0.0246 e. The van der Waals surface area contributed by atoms with Gasteiger partial charge in [0.2, 0.25) is 0 Å². The summed E-state index contributed by atoms with van der Waals surface area (Å²) in [5.74, 6) is 0. The van der Waals surface area contributed by atoms with Gasteiger partial charge in [-0.1, -0.05) is 6.90 Å². The summed E-state index contributed by atoms with van der Waals surface area (Å²) in [7, 11) is 33.3. The largest absolute Gasteiger partial charge is 0.457 e. The molecule has 0 amide bonds. The third kappa shape index (κ3) is 39.6. The zero-order valence-corrected chi connectivity index (χ0v) is 48.5. The fourth-order valence-corrected chi connectivity index (χ4v) is 3.33. The van der Waals surface area contributed by atoms with Gasteiger partial charge >= 0.3 is 0 Å². The molecule has 1 fully saturated rings. The molecule has 0 bridgehead atoms. The van der Waals surface area contributed by atoms with Gasteiger partial charge in [-0.3, -0.25) is 56.4 Å². The molecule has 0 aromatic carbocycles. The van der Waals surface area contributed by atoms with Crippen LogP contribution < -0.4 is 0 Å². The van der Waals surface area contributed by atoms with Crippen LogP contribution in [-0.4, -0.2) is 143 Å². The van der Waals surface area contributed by atoms with Crippen molar-refractivity contribution in [2.24, 2.45) is 0 Å². The van der Waals surface area contributed by atoms with Crippen LogP contribution >= 0.6 is 0 Å². The summed E-state index contributed by atoms with van der Waals surface area (Å²) in [6, 6.07) is 0.0306. The van der Waals surface area contributed by atoms with E-state index in [-0.39, 0.29) is 275 Å². The van der Waals surface area contributed by atoms with E-state index in [9.17, 15) is 0 Å². The molecule has 0 N–H and O–H groups in total. The third-order valence-corrected chi connectivity index (χ3v) is 6.08. The van der Waals surface area contributed by atoms with Gasteiger partial charge in [0, 0.05) is 263 Å². The van der Waals surface area contributed by atoms with Gasteiger partial charge in [-0.2, -0.15) is 0 Å². The van der Waals surface area contributed by atoms with Crippen LogP contribution in [0, 0.1) is 56.4 Å². The minimum Gasteiger partial charge on any atom is -0.457 e. The van der Waals surface area contributed by atoms with E-state index >= 15 is 0 Å². The zero-order valence-electron chi connectivity index (χ0n) is 26.7. The predicted molar refractivity (Wildman–Crippen MR) is 140 cm³/mol. The first-order valence-electron chi connectivity index (χ1n) is 12.6. The summed E-state index contributed by atoms with van der Waals surface area (Å²) in [5.41, 5.74) is 0. The number of nitrogens with zero attached hydrogens (tertiary/aromatic N) is 8. The van der Waals surface area contributed by atoms with Crippen LogP contribution in [0.4, 0.5) is 0 Å². The van der Waals surface area contributed by atoms with Gasteiger partial charge < -0.3 is 39.2 Å². The molecule has 222 valence electrons. The van der Waals surface area contributed by atoms with Crippen LogP contribution in [0.3, 0.4) is 0 Å². The normalized spacial score (nSPS) is 22.9. The molecule has 1 aliphatic rings. The minimum absolute atomic E-state index is 0. The van der Waals surface area contributed by atoms with E-state index in [1.165, 1.54) is 0 Å². The molecule has 1 rings (SSSR count). The number of rotatable bonds is 0. The summed E-state index contributed by atoms with van der Waals surface area (Å²) in [6.07, 6.45) is 0. The first-order valence-corrected chi connectivity index (χ1v) is 11.8. The topological polar surface area (TPSA) is 25.9 Å². The zero-order chi connectivity index (χ0) is 25.5. The molecular weight excluding hydrogens is 1120 g/mol. The Morgan fingerprint density at radius 3 is 0.780 bits per heavy atom. The summed E-state index contributed by atoms with van der Waals surface area (Å²) in [5, 5.41) is 0. The standard InChI is InChI=1S/C25H50N8.8Y/c1-25-24-32(8)21-20-30(6)17-16-28(4)13-12-26(2)10-11-27(3)14-15-29(5)18-19-31(7)22-23-33(25)9;;;;;;;;/h25H,2-24H2,1H3;;;;;;;;/q-8;;;;;;;;/i1T;;;;;;;;. The van der Waals surface area contributed by atoms with Crippen molar-refractivity contribution in [2.75, 3.05) is 98.2 Å². The Balaban J connectivity index is -0.000000241.